The lowest BCUT2D eigenvalue weighted by Gasteiger charge is -2.22. The highest BCUT2D eigenvalue weighted by molar-refractivity contribution is 5.22. The molecule has 2 heteroatoms. The molecule has 0 unspecified atom stereocenters. The van der Waals surface area contributed by atoms with Gasteiger partial charge in [-0.2, -0.15) is 0 Å². The van der Waals surface area contributed by atoms with Gasteiger partial charge in [0.05, 0.1) is 0 Å². The quantitative estimate of drug-likeness (QED) is 0.727. The molecule has 1 aromatic heterocycles. The summed E-state index contributed by atoms with van der Waals surface area (Å²) >= 11 is 0. The third-order valence-electron chi connectivity index (χ3n) is 3.73. The first-order valence-corrected chi connectivity index (χ1v) is 5.49. The van der Waals surface area contributed by atoms with Gasteiger partial charge in [-0.05, 0) is 49.8 Å². The Morgan fingerprint density at radius 2 is 2.29 bits per heavy atom. The van der Waals surface area contributed by atoms with Gasteiger partial charge in [0.1, 0.15) is 0 Å². The topological polar surface area (TPSA) is 24.9 Å². The number of fused-ring (bicyclic) bond motifs is 2. The molecular formula is C12H16N2. The van der Waals surface area contributed by atoms with E-state index in [-0.39, 0.29) is 0 Å². The van der Waals surface area contributed by atoms with Crippen LogP contribution in [0.5, 0.6) is 0 Å². The number of nitrogens with zero attached hydrogens (tertiary/aromatic N) is 1. The molecule has 1 aliphatic carbocycles. The van der Waals surface area contributed by atoms with Crippen molar-refractivity contribution >= 4 is 0 Å². The van der Waals surface area contributed by atoms with Gasteiger partial charge < -0.3 is 5.32 Å². The van der Waals surface area contributed by atoms with Crippen LogP contribution in [0.1, 0.15) is 30.0 Å². The van der Waals surface area contributed by atoms with Gasteiger partial charge in [-0.3, -0.25) is 4.98 Å². The molecular weight excluding hydrogens is 172 g/mol. The van der Waals surface area contributed by atoms with Crippen molar-refractivity contribution in [2.24, 2.45) is 5.92 Å². The van der Waals surface area contributed by atoms with Crippen molar-refractivity contribution in [1.29, 1.82) is 0 Å². The van der Waals surface area contributed by atoms with Crippen LogP contribution in [0.15, 0.2) is 18.3 Å². The zero-order valence-electron chi connectivity index (χ0n) is 8.53. The first-order valence-electron chi connectivity index (χ1n) is 5.49. The van der Waals surface area contributed by atoms with Crippen LogP contribution in [-0.4, -0.2) is 17.6 Å². The van der Waals surface area contributed by atoms with Crippen molar-refractivity contribution in [3.8, 4) is 0 Å². The van der Waals surface area contributed by atoms with E-state index in [2.05, 4.69) is 28.6 Å². The summed E-state index contributed by atoms with van der Waals surface area (Å²) in [6, 6.07) is 5.17. The minimum Gasteiger partial charge on any atom is -0.314 e. The Bertz CT molecular complexity index is 331. The molecule has 74 valence electrons. The SMILES string of the molecule is Cc1ccc([C@H]2C[C@H]3C[C@@H]2CN3)cn1. The van der Waals surface area contributed by atoms with Crippen LogP contribution in [0, 0.1) is 12.8 Å². The van der Waals surface area contributed by atoms with E-state index in [0.29, 0.717) is 0 Å². The number of rotatable bonds is 1. The molecule has 1 saturated heterocycles. The number of hydrogen-bond donors (Lipinski definition) is 1. The van der Waals surface area contributed by atoms with E-state index in [4.69, 9.17) is 0 Å². The molecule has 2 bridgehead atoms. The molecule has 0 spiro atoms. The minimum absolute atomic E-state index is 0.773. The van der Waals surface area contributed by atoms with Gasteiger partial charge >= 0.3 is 0 Å². The van der Waals surface area contributed by atoms with Crippen LogP contribution in [0.4, 0.5) is 0 Å². The lowest BCUT2D eigenvalue weighted by atomic mass is 9.89. The van der Waals surface area contributed by atoms with Crippen LogP contribution in [0.2, 0.25) is 0 Å². The maximum atomic E-state index is 4.39. The summed E-state index contributed by atoms with van der Waals surface area (Å²) in [7, 11) is 0. The standard InChI is InChI=1S/C12H16N2/c1-8-2-3-9(6-13-8)12-5-11-4-10(12)7-14-11/h2-3,6,10-12,14H,4-5,7H2,1H3/t10-,11-,12-/m1/s1. The molecule has 1 aliphatic heterocycles. The number of aryl methyl sites for hydroxylation is 1. The second-order valence-electron chi connectivity index (χ2n) is 4.68. The third-order valence-corrected chi connectivity index (χ3v) is 3.73. The summed E-state index contributed by atoms with van der Waals surface area (Å²) in [6.07, 6.45) is 4.76. The summed E-state index contributed by atoms with van der Waals surface area (Å²) in [5, 5.41) is 3.55. The van der Waals surface area contributed by atoms with E-state index < -0.39 is 0 Å². The zero-order valence-corrected chi connectivity index (χ0v) is 8.53. The van der Waals surface area contributed by atoms with Crippen LogP contribution in [0.3, 0.4) is 0 Å². The van der Waals surface area contributed by atoms with Crippen molar-refractivity contribution in [1.82, 2.24) is 10.3 Å². The highest BCUT2D eigenvalue weighted by atomic mass is 15.0. The van der Waals surface area contributed by atoms with Crippen LogP contribution >= 0.6 is 0 Å². The average Bonchev–Trinajstić information content (AvgIpc) is 2.80. The van der Waals surface area contributed by atoms with E-state index in [9.17, 15) is 0 Å². The molecule has 0 aromatic carbocycles. The second-order valence-corrected chi connectivity index (χ2v) is 4.68. The Morgan fingerprint density at radius 3 is 2.86 bits per heavy atom. The van der Waals surface area contributed by atoms with E-state index >= 15 is 0 Å². The molecule has 2 nitrogen and oxygen atoms in total. The molecule has 2 fully saturated rings. The molecule has 0 amide bonds. The summed E-state index contributed by atoms with van der Waals surface area (Å²) in [4.78, 5) is 4.39. The lowest BCUT2D eigenvalue weighted by molar-refractivity contribution is 0.440. The molecule has 2 heterocycles. The normalized spacial score (nSPS) is 35.1. The predicted octanol–water partition coefficient (Wildman–Crippen LogP) is 1.86. The Kier molecular flexibility index (Phi) is 1.84. The number of nitrogens with one attached hydrogen (secondary N) is 1. The number of pyridine rings is 1. The van der Waals surface area contributed by atoms with Gasteiger partial charge in [0.15, 0.2) is 0 Å². The fourth-order valence-electron chi connectivity index (χ4n) is 2.94. The highest BCUT2D eigenvalue weighted by Gasteiger charge is 2.39. The molecule has 1 aromatic rings. The van der Waals surface area contributed by atoms with Crippen molar-refractivity contribution in [2.45, 2.75) is 31.7 Å². The van der Waals surface area contributed by atoms with E-state index in [1.54, 1.807) is 0 Å². The van der Waals surface area contributed by atoms with Crippen LogP contribution in [-0.2, 0) is 0 Å². The van der Waals surface area contributed by atoms with Gasteiger partial charge in [-0.1, -0.05) is 6.07 Å². The number of piperidine rings is 1. The third kappa shape index (κ3) is 1.25. The summed E-state index contributed by atoms with van der Waals surface area (Å²) in [6.45, 7) is 3.26. The molecule has 14 heavy (non-hydrogen) atoms. The zero-order chi connectivity index (χ0) is 9.54. The maximum absolute atomic E-state index is 4.39. The average molecular weight is 188 g/mol. The smallest absolute Gasteiger partial charge is 0.0372 e. The van der Waals surface area contributed by atoms with Crippen LogP contribution in [0.25, 0.3) is 0 Å². The summed E-state index contributed by atoms with van der Waals surface area (Å²) in [5.41, 5.74) is 2.57. The largest absolute Gasteiger partial charge is 0.314 e. The minimum atomic E-state index is 0.773. The molecule has 0 radical (unpaired) electrons. The van der Waals surface area contributed by atoms with Crippen molar-refractivity contribution in [3.63, 3.8) is 0 Å². The maximum Gasteiger partial charge on any atom is 0.0372 e. The van der Waals surface area contributed by atoms with Gasteiger partial charge in [0.2, 0.25) is 0 Å². The first kappa shape index (κ1) is 8.42. The Hall–Kier alpha value is -0.890. The van der Waals surface area contributed by atoms with Gasteiger partial charge in [-0.25, -0.2) is 0 Å². The number of aromatic nitrogens is 1. The van der Waals surface area contributed by atoms with Gasteiger partial charge in [0.25, 0.3) is 0 Å². The fourth-order valence-corrected chi connectivity index (χ4v) is 2.94. The number of hydrogen-bond acceptors (Lipinski definition) is 2. The Labute approximate surface area is 84.7 Å². The van der Waals surface area contributed by atoms with E-state index in [1.165, 1.54) is 24.9 Å². The van der Waals surface area contributed by atoms with E-state index in [1.807, 2.05) is 6.92 Å². The molecule has 3 atom stereocenters. The van der Waals surface area contributed by atoms with Crippen molar-refractivity contribution < 1.29 is 0 Å². The Morgan fingerprint density at radius 1 is 1.36 bits per heavy atom. The first-order chi connectivity index (χ1) is 6.83. The Balaban J connectivity index is 1.86. The summed E-state index contributed by atoms with van der Waals surface area (Å²) in [5.74, 6) is 1.64. The van der Waals surface area contributed by atoms with Gasteiger partial charge in [-0.15, -0.1) is 0 Å². The molecule has 2 aliphatic rings. The van der Waals surface area contributed by atoms with Gasteiger partial charge in [0, 0.05) is 17.9 Å². The van der Waals surface area contributed by atoms with Crippen molar-refractivity contribution in [2.75, 3.05) is 6.54 Å². The molecule has 1 N–H and O–H groups in total. The monoisotopic (exact) mass is 188 g/mol. The molecule has 3 rings (SSSR count). The molecule has 1 saturated carbocycles. The highest BCUT2D eigenvalue weighted by Crippen LogP contribution is 2.42. The summed E-state index contributed by atoms with van der Waals surface area (Å²) < 4.78 is 0. The predicted molar refractivity (Wildman–Crippen MR) is 56.2 cm³/mol. The second kappa shape index (κ2) is 3.06. The van der Waals surface area contributed by atoms with Crippen LogP contribution < -0.4 is 5.32 Å². The fraction of sp³-hybridized carbons (Fsp3) is 0.583. The lowest BCUT2D eigenvalue weighted by Crippen LogP contribution is -2.28. The van der Waals surface area contributed by atoms with Crippen molar-refractivity contribution in [3.05, 3.63) is 29.6 Å². The van der Waals surface area contributed by atoms with E-state index in [0.717, 1.165) is 23.6 Å².